The molecule has 1 aromatic carbocycles. The Morgan fingerprint density at radius 1 is 1.33 bits per heavy atom. The van der Waals surface area contributed by atoms with E-state index in [4.69, 9.17) is 4.74 Å². The first kappa shape index (κ1) is 17.6. The van der Waals surface area contributed by atoms with E-state index < -0.39 is 0 Å². The first-order valence-corrected chi connectivity index (χ1v) is 6.48. The lowest BCUT2D eigenvalue weighted by Gasteiger charge is -2.11. The third-order valence-corrected chi connectivity index (χ3v) is 3.49. The molecule has 0 unspecified atom stereocenters. The summed E-state index contributed by atoms with van der Waals surface area (Å²) in [6, 6.07) is 8.18. The molecule has 1 rings (SSSR count). The number of ether oxygens (including phenoxy) is 1. The zero-order chi connectivity index (χ0) is 12.8. The van der Waals surface area contributed by atoms with Crippen molar-refractivity contribution >= 4 is 16.9 Å². The lowest BCUT2D eigenvalue weighted by atomic mass is 10.3. The Bertz CT molecular complexity index is 404. The van der Waals surface area contributed by atoms with E-state index >= 15 is 0 Å². The minimum Gasteiger partial charge on any atom is -1.00 e. The first-order chi connectivity index (χ1) is 8.04. The maximum atomic E-state index is 5.50. The summed E-state index contributed by atoms with van der Waals surface area (Å²) in [5.41, 5.74) is 0. The standard InChI is InChI=1S/C13H21N2OS.HI/c1-6-16-11-8-7-9-12(10-11)17-13(14(2)3)15(4)5;/h7-10H,6H2,1-5H3;1H/q+1;/p-1. The Morgan fingerprint density at radius 2 is 2.00 bits per heavy atom. The van der Waals surface area contributed by atoms with Crippen LogP contribution in [0.2, 0.25) is 0 Å². The molecule has 0 fully saturated rings. The minimum atomic E-state index is 0. The maximum absolute atomic E-state index is 5.50. The van der Waals surface area contributed by atoms with Crippen LogP contribution in [0.4, 0.5) is 0 Å². The molecule has 0 spiro atoms. The lowest BCUT2D eigenvalue weighted by Crippen LogP contribution is -3.00. The van der Waals surface area contributed by atoms with E-state index in [2.05, 4.69) is 49.8 Å². The van der Waals surface area contributed by atoms with E-state index in [0.717, 1.165) is 5.75 Å². The van der Waals surface area contributed by atoms with Crippen molar-refractivity contribution in [2.24, 2.45) is 0 Å². The fraction of sp³-hybridized carbons (Fsp3) is 0.462. The number of thioether (sulfide) groups is 1. The zero-order valence-corrected chi connectivity index (χ0v) is 14.6. The van der Waals surface area contributed by atoms with Crippen LogP contribution in [0.3, 0.4) is 0 Å². The van der Waals surface area contributed by atoms with Gasteiger partial charge in [0, 0.05) is 4.90 Å². The van der Waals surface area contributed by atoms with Crippen LogP contribution in [0.5, 0.6) is 5.75 Å². The Labute approximate surface area is 131 Å². The summed E-state index contributed by atoms with van der Waals surface area (Å²) in [7, 11) is 8.20. The summed E-state index contributed by atoms with van der Waals surface area (Å²) >= 11 is 1.73. The molecule has 0 heterocycles. The highest BCUT2D eigenvalue weighted by molar-refractivity contribution is 8.13. The van der Waals surface area contributed by atoms with Crippen molar-refractivity contribution in [3.63, 3.8) is 0 Å². The van der Waals surface area contributed by atoms with Crippen molar-refractivity contribution in [3.8, 4) is 5.75 Å². The molecule has 0 aromatic heterocycles. The molecule has 0 aliphatic heterocycles. The van der Waals surface area contributed by atoms with Gasteiger partial charge < -0.3 is 28.7 Å². The van der Waals surface area contributed by atoms with Crippen LogP contribution in [0.15, 0.2) is 29.2 Å². The molecule has 0 aliphatic rings. The topological polar surface area (TPSA) is 15.5 Å². The van der Waals surface area contributed by atoms with Crippen molar-refractivity contribution in [2.75, 3.05) is 34.8 Å². The number of rotatable bonds is 3. The fourth-order valence-electron chi connectivity index (χ4n) is 1.48. The van der Waals surface area contributed by atoms with Crippen LogP contribution in [0.25, 0.3) is 0 Å². The van der Waals surface area contributed by atoms with Crippen LogP contribution in [-0.4, -0.2) is 49.4 Å². The first-order valence-electron chi connectivity index (χ1n) is 5.67. The van der Waals surface area contributed by atoms with E-state index in [1.165, 1.54) is 10.1 Å². The van der Waals surface area contributed by atoms with Crippen molar-refractivity contribution in [1.82, 2.24) is 4.90 Å². The highest BCUT2D eigenvalue weighted by Gasteiger charge is 2.13. The van der Waals surface area contributed by atoms with Gasteiger partial charge in [-0.15, -0.1) is 0 Å². The average molecular weight is 380 g/mol. The number of halogens is 1. The van der Waals surface area contributed by atoms with Crippen LogP contribution < -0.4 is 28.7 Å². The van der Waals surface area contributed by atoms with Gasteiger partial charge in [-0.05, 0) is 36.9 Å². The summed E-state index contributed by atoms with van der Waals surface area (Å²) in [5.74, 6) is 0.925. The van der Waals surface area contributed by atoms with E-state index in [1.54, 1.807) is 11.8 Å². The fourth-order valence-corrected chi connectivity index (χ4v) is 2.38. The second kappa shape index (κ2) is 8.63. The quantitative estimate of drug-likeness (QED) is 0.228. The van der Waals surface area contributed by atoms with Gasteiger partial charge in [0.15, 0.2) is 0 Å². The molecule has 0 bridgehead atoms. The van der Waals surface area contributed by atoms with E-state index in [0.29, 0.717) is 6.61 Å². The molecular weight excluding hydrogens is 359 g/mol. The Morgan fingerprint density at radius 3 is 2.50 bits per heavy atom. The van der Waals surface area contributed by atoms with Crippen LogP contribution in [-0.2, 0) is 0 Å². The third-order valence-electron chi connectivity index (χ3n) is 2.09. The summed E-state index contributed by atoms with van der Waals surface area (Å²) in [5, 5.41) is 1.19. The molecule has 102 valence electrons. The molecule has 0 aliphatic carbocycles. The third kappa shape index (κ3) is 5.48. The van der Waals surface area contributed by atoms with E-state index in [1.807, 2.05) is 19.1 Å². The predicted molar refractivity (Wildman–Crippen MR) is 74.3 cm³/mol. The van der Waals surface area contributed by atoms with E-state index in [-0.39, 0.29) is 24.0 Å². The van der Waals surface area contributed by atoms with Crippen LogP contribution in [0, 0.1) is 0 Å². The number of nitrogens with zero attached hydrogens (tertiary/aromatic N) is 2. The van der Waals surface area contributed by atoms with Gasteiger partial charge in [0.05, 0.1) is 34.8 Å². The number of hydrogen-bond donors (Lipinski definition) is 0. The molecule has 0 N–H and O–H groups in total. The highest BCUT2D eigenvalue weighted by atomic mass is 127. The molecule has 0 saturated carbocycles. The van der Waals surface area contributed by atoms with Crippen LogP contribution >= 0.6 is 11.8 Å². The summed E-state index contributed by atoms with van der Waals surface area (Å²) in [6.07, 6.45) is 0. The molecular formula is C13H21IN2OS. The molecule has 0 atom stereocenters. The van der Waals surface area contributed by atoms with Crippen molar-refractivity contribution in [3.05, 3.63) is 24.3 Å². The molecule has 0 radical (unpaired) electrons. The molecule has 3 nitrogen and oxygen atoms in total. The molecule has 0 saturated heterocycles. The van der Waals surface area contributed by atoms with Crippen molar-refractivity contribution in [1.29, 1.82) is 0 Å². The van der Waals surface area contributed by atoms with Gasteiger partial charge in [0.2, 0.25) is 0 Å². The molecule has 5 heteroatoms. The molecule has 0 amide bonds. The second-order valence-corrected chi connectivity index (χ2v) is 5.12. The van der Waals surface area contributed by atoms with Gasteiger partial charge in [0.25, 0.3) is 0 Å². The number of hydrogen-bond acceptors (Lipinski definition) is 2. The predicted octanol–water partition coefficient (Wildman–Crippen LogP) is -0.629. The Balaban J connectivity index is 0.00000289. The monoisotopic (exact) mass is 380 g/mol. The van der Waals surface area contributed by atoms with Gasteiger partial charge in [-0.1, -0.05) is 6.07 Å². The minimum absolute atomic E-state index is 0. The summed E-state index contributed by atoms with van der Waals surface area (Å²) in [6.45, 7) is 2.70. The summed E-state index contributed by atoms with van der Waals surface area (Å²) < 4.78 is 7.61. The molecule has 18 heavy (non-hydrogen) atoms. The van der Waals surface area contributed by atoms with Gasteiger partial charge in [-0.3, -0.25) is 9.48 Å². The Hall–Kier alpha value is -0.430. The molecule has 1 aromatic rings. The smallest absolute Gasteiger partial charge is 0.312 e. The van der Waals surface area contributed by atoms with Gasteiger partial charge in [-0.2, -0.15) is 0 Å². The number of benzene rings is 1. The second-order valence-electron chi connectivity index (χ2n) is 4.08. The largest absolute Gasteiger partial charge is 1.00 e. The van der Waals surface area contributed by atoms with Crippen molar-refractivity contribution < 1.29 is 33.3 Å². The zero-order valence-electron chi connectivity index (χ0n) is 11.6. The lowest BCUT2D eigenvalue weighted by molar-refractivity contribution is -0.466. The van der Waals surface area contributed by atoms with E-state index in [9.17, 15) is 0 Å². The average Bonchev–Trinajstić information content (AvgIpc) is 2.26. The van der Waals surface area contributed by atoms with Crippen LogP contribution in [0.1, 0.15) is 6.92 Å². The number of amidine groups is 1. The SMILES string of the molecule is CCOc1cccc(SC(N(C)C)=[N+](C)C)c1.[I-]. The van der Waals surface area contributed by atoms with Gasteiger partial charge >= 0.3 is 5.17 Å². The highest BCUT2D eigenvalue weighted by Crippen LogP contribution is 2.24. The van der Waals surface area contributed by atoms with Crippen molar-refractivity contribution in [2.45, 2.75) is 11.8 Å². The Kier molecular flexibility index (Phi) is 8.43. The maximum Gasteiger partial charge on any atom is 0.312 e. The normalized spacial score (nSPS) is 9.39. The van der Waals surface area contributed by atoms with Gasteiger partial charge in [-0.25, -0.2) is 0 Å². The summed E-state index contributed by atoms with van der Waals surface area (Å²) in [4.78, 5) is 3.30. The van der Waals surface area contributed by atoms with Gasteiger partial charge in [0.1, 0.15) is 5.75 Å².